The number of rotatable bonds is 5. The van der Waals surface area contributed by atoms with Crippen molar-refractivity contribution in [1.82, 2.24) is 19.8 Å². The van der Waals surface area contributed by atoms with Crippen molar-refractivity contribution in [2.75, 3.05) is 7.05 Å². The van der Waals surface area contributed by atoms with Crippen LogP contribution < -0.4 is 5.32 Å². The summed E-state index contributed by atoms with van der Waals surface area (Å²) < 4.78 is 1.92. The lowest BCUT2D eigenvalue weighted by Crippen LogP contribution is -2.39. The number of nitrogens with one attached hydrogen (secondary N) is 1. The Balaban J connectivity index is 1.99. The summed E-state index contributed by atoms with van der Waals surface area (Å²) in [5.41, 5.74) is 1.97. The van der Waals surface area contributed by atoms with Gasteiger partial charge in [0.25, 0.3) is 0 Å². The van der Waals surface area contributed by atoms with Crippen LogP contribution in [0.2, 0.25) is 5.02 Å². The Morgan fingerprint density at radius 1 is 1.59 bits per heavy atom. The molecule has 2 amide bonds. The number of halogens is 1. The van der Waals surface area contributed by atoms with E-state index < -0.39 is 0 Å². The van der Waals surface area contributed by atoms with Gasteiger partial charge in [0.15, 0.2) is 0 Å². The van der Waals surface area contributed by atoms with Crippen molar-refractivity contribution in [3.63, 3.8) is 0 Å². The second kappa shape index (κ2) is 7.15. The zero-order valence-corrected chi connectivity index (χ0v) is 14.8. The van der Waals surface area contributed by atoms with Crippen molar-refractivity contribution in [3.8, 4) is 0 Å². The lowest BCUT2D eigenvalue weighted by Gasteiger charge is -2.22. The van der Waals surface area contributed by atoms with Crippen molar-refractivity contribution in [1.29, 1.82) is 0 Å². The summed E-state index contributed by atoms with van der Waals surface area (Å²) in [5, 5.41) is 6.66. The van der Waals surface area contributed by atoms with Crippen molar-refractivity contribution in [3.05, 3.63) is 39.1 Å². The van der Waals surface area contributed by atoms with Crippen LogP contribution in [0.1, 0.15) is 35.8 Å². The summed E-state index contributed by atoms with van der Waals surface area (Å²) in [5.74, 6) is 0. The Labute approximate surface area is 139 Å². The number of hydrogen-bond acceptors (Lipinski definition) is 3. The molecule has 0 aliphatic carbocycles. The van der Waals surface area contributed by atoms with Crippen LogP contribution in [0.3, 0.4) is 0 Å². The summed E-state index contributed by atoms with van der Waals surface area (Å²) in [6, 6.07) is 1.70. The minimum atomic E-state index is -0.114. The van der Waals surface area contributed by atoms with Crippen LogP contribution in [0.15, 0.2) is 17.6 Å². The average molecular weight is 341 g/mol. The molecule has 120 valence electrons. The number of thiazole rings is 1. The summed E-state index contributed by atoms with van der Waals surface area (Å²) in [7, 11) is 3.69. The molecule has 2 rings (SSSR count). The zero-order chi connectivity index (χ0) is 16.3. The zero-order valence-electron chi connectivity index (χ0n) is 13.3. The third-order valence-electron chi connectivity index (χ3n) is 3.46. The van der Waals surface area contributed by atoms with Gasteiger partial charge in [-0.3, -0.25) is 0 Å². The second-order valence-electron chi connectivity index (χ2n) is 5.35. The van der Waals surface area contributed by atoms with Gasteiger partial charge in [0.1, 0.15) is 5.01 Å². The van der Waals surface area contributed by atoms with Gasteiger partial charge in [-0.15, -0.1) is 11.3 Å². The lowest BCUT2D eigenvalue weighted by atomic mass is 10.2. The fraction of sp³-hybridized carbons (Fsp3) is 0.467. The molecule has 0 saturated carbocycles. The topological polar surface area (TPSA) is 50.2 Å². The van der Waals surface area contributed by atoms with E-state index in [9.17, 15) is 4.79 Å². The highest BCUT2D eigenvalue weighted by Gasteiger charge is 2.19. The molecule has 2 aromatic rings. The maximum Gasteiger partial charge on any atom is 0.318 e. The van der Waals surface area contributed by atoms with Gasteiger partial charge < -0.3 is 14.8 Å². The van der Waals surface area contributed by atoms with E-state index in [-0.39, 0.29) is 12.1 Å². The quantitative estimate of drug-likeness (QED) is 0.901. The van der Waals surface area contributed by atoms with Crippen LogP contribution in [0.5, 0.6) is 0 Å². The SMILES string of the molecule is CC[C@H](NC(=O)N(C)Cc1cc(Cl)cn1C)c1nc(C)cs1. The molecule has 7 heteroatoms. The Hall–Kier alpha value is -1.53. The third-order valence-corrected chi connectivity index (χ3v) is 4.74. The number of aromatic nitrogens is 2. The standard InChI is InChI=1S/C15H21ClN4OS/c1-5-13(14-17-10(2)9-22-14)18-15(21)20(4)8-12-6-11(16)7-19(12)3/h6-7,9,13H,5,8H2,1-4H3,(H,18,21)/t13-/m0/s1. The number of amides is 2. The number of hydrogen-bond donors (Lipinski definition) is 1. The predicted molar refractivity (Wildman–Crippen MR) is 90.3 cm³/mol. The monoisotopic (exact) mass is 340 g/mol. The largest absolute Gasteiger partial charge is 0.351 e. The second-order valence-corrected chi connectivity index (χ2v) is 6.68. The highest BCUT2D eigenvalue weighted by molar-refractivity contribution is 7.09. The molecule has 0 saturated heterocycles. The molecule has 1 atom stereocenters. The van der Waals surface area contributed by atoms with Crippen LogP contribution in [0, 0.1) is 6.92 Å². The first-order chi connectivity index (χ1) is 10.4. The van der Waals surface area contributed by atoms with Crippen LogP contribution in [0.4, 0.5) is 4.79 Å². The van der Waals surface area contributed by atoms with Gasteiger partial charge in [0.05, 0.1) is 17.6 Å². The van der Waals surface area contributed by atoms with Crippen molar-refractivity contribution in [2.45, 2.75) is 32.9 Å². The molecule has 1 N–H and O–H groups in total. The highest BCUT2D eigenvalue weighted by atomic mass is 35.5. The maximum atomic E-state index is 12.4. The predicted octanol–water partition coefficient (Wildman–Crippen LogP) is 3.74. The maximum absolute atomic E-state index is 12.4. The molecule has 0 aliphatic rings. The molecule has 0 unspecified atom stereocenters. The molecule has 2 aromatic heterocycles. The van der Waals surface area contributed by atoms with E-state index in [0.717, 1.165) is 22.8 Å². The Morgan fingerprint density at radius 2 is 2.32 bits per heavy atom. The van der Waals surface area contributed by atoms with Gasteiger partial charge in [-0.25, -0.2) is 9.78 Å². The van der Waals surface area contributed by atoms with Crippen LogP contribution >= 0.6 is 22.9 Å². The number of aryl methyl sites for hydroxylation is 2. The summed E-state index contributed by atoms with van der Waals surface area (Å²) >= 11 is 7.55. The van der Waals surface area contributed by atoms with Crippen LogP contribution in [-0.2, 0) is 13.6 Å². The molecule has 0 radical (unpaired) electrons. The van der Waals surface area contributed by atoms with Crippen molar-refractivity contribution < 1.29 is 4.79 Å². The Kier molecular flexibility index (Phi) is 5.47. The van der Waals surface area contributed by atoms with Crippen LogP contribution in [0.25, 0.3) is 0 Å². The van der Waals surface area contributed by atoms with E-state index in [1.807, 2.05) is 43.1 Å². The average Bonchev–Trinajstić information content (AvgIpc) is 3.02. The molecule has 0 bridgehead atoms. The van der Waals surface area contributed by atoms with Crippen molar-refractivity contribution in [2.24, 2.45) is 7.05 Å². The molecule has 0 spiro atoms. The molecule has 0 aliphatic heterocycles. The van der Waals surface area contributed by atoms with Gasteiger partial charge in [0.2, 0.25) is 0 Å². The number of nitrogens with zero attached hydrogens (tertiary/aromatic N) is 3. The van der Waals surface area contributed by atoms with E-state index in [1.54, 1.807) is 23.3 Å². The first kappa shape index (κ1) is 16.8. The first-order valence-electron chi connectivity index (χ1n) is 7.15. The van der Waals surface area contributed by atoms with Crippen molar-refractivity contribution >= 4 is 29.0 Å². The summed E-state index contributed by atoms with van der Waals surface area (Å²) in [4.78, 5) is 18.5. The highest BCUT2D eigenvalue weighted by Crippen LogP contribution is 2.21. The van der Waals surface area contributed by atoms with Gasteiger partial charge in [-0.2, -0.15) is 0 Å². The summed E-state index contributed by atoms with van der Waals surface area (Å²) in [6.07, 6.45) is 2.64. The molecule has 5 nitrogen and oxygen atoms in total. The van der Waals surface area contributed by atoms with Gasteiger partial charge in [-0.1, -0.05) is 18.5 Å². The number of carbonyl (C=O) groups excluding carboxylic acids is 1. The molecule has 0 aromatic carbocycles. The van der Waals surface area contributed by atoms with Gasteiger partial charge in [-0.05, 0) is 19.4 Å². The molecule has 0 fully saturated rings. The minimum absolute atomic E-state index is 0.0503. The normalized spacial score (nSPS) is 12.2. The van der Waals surface area contributed by atoms with E-state index in [0.29, 0.717) is 11.6 Å². The summed E-state index contributed by atoms with van der Waals surface area (Å²) in [6.45, 7) is 4.50. The van der Waals surface area contributed by atoms with Gasteiger partial charge >= 0.3 is 6.03 Å². The van der Waals surface area contributed by atoms with E-state index in [1.165, 1.54) is 0 Å². The van der Waals surface area contributed by atoms with E-state index in [4.69, 9.17) is 11.6 Å². The molecular weight excluding hydrogens is 320 g/mol. The number of carbonyl (C=O) groups is 1. The van der Waals surface area contributed by atoms with E-state index in [2.05, 4.69) is 10.3 Å². The molecular formula is C15H21ClN4OS. The van der Waals surface area contributed by atoms with Crippen LogP contribution in [-0.4, -0.2) is 27.5 Å². The Bertz CT molecular complexity index is 652. The third kappa shape index (κ3) is 4.01. The smallest absolute Gasteiger partial charge is 0.318 e. The lowest BCUT2D eigenvalue weighted by molar-refractivity contribution is 0.201. The number of urea groups is 1. The minimum Gasteiger partial charge on any atom is -0.351 e. The fourth-order valence-electron chi connectivity index (χ4n) is 2.17. The van der Waals surface area contributed by atoms with Gasteiger partial charge in [0, 0.05) is 37.1 Å². The fourth-order valence-corrected chi connectivity index (χ4v) is 3.37. The van der Waals surface area contributed by atoms with E-state index >= 15 is 0 Å². The Morgan fingerprint density at radius 3 is 2.82 bits per heavy atom. The molecule has 22 heavy (non-hydrogen) atoms. The molecule has 2 heterocycles. The first-order valence-corrected chi connectivity index (χ1v) is 8.40.